The zero-order chi connectivity index (χ0) is 15.4. The summed E-state index contributed by atoms with van der Waals surface area (Å²) < 4.78 is 0. The lowest BCUT2D eigenvalue weighted by molar-refractivity contribution is -0.117. The summed E-state index contributed by atoms with van der Waals surface area (Å²) in [7, 11) is 0. The second kappa shape index (κ2) is 6.91. The van der Waals surface area contributed by atoms with Crippen LogP contribution in [-0.2, 0) is 4.79 Å². The fourth-order valence-corrected chi connectivity index (χ4v) is 2.53. The number of anilines is 1. The van der Waals surface area contributed by atoms with Crippen molar-refractivity contribution in [1.82, 2.24) is 5.32 Å². The molecule has 1 unspecified atom stereocenters. The zero-order valence-corrected chi connectivity index (χ0v) is 12.7. The predicted molar refractivity (Wildman–Crippen MR) is 81.7 cm³/mol. The average Bonchev–Trinajstić information content (AvgIpc) is 2.90. The lowest BCUT2D eigenvalue weighted by Gasteiger charge is -2.21. The van der Waals surface area contributed by atoms with Gasteiger partial charge in [-0.15, -0.1) is 0 Å². The Balaban J connectivity index is 2.30. The van der Waals surface area contributed by atoms with Crippen molar-refractivity contribution in [3.8, 4) is 0 Å². The molecule has 21 heavy (non-hydrogen) atoms. The quantitative estimate of drug-likeness (QED) is 0.873. The summed E-state index contributed by atoms with van der Waals surface area (Å²) in [5.74, 6) is -0.303. The third-order valence-corrected chi connectivity index (χ3v) is 3.85. The van der Waals surface area contributed by atoms with Crippen LogP contribution in [0.25, 0.3) is 0 Å². The summed E-state index contributed by atoms with van der Waals surface area (Å²) in [5.41, 5.74) is 0.942. The van der Waals surface area contributed by atoms with Crippen LogP contribution in [0.3, 0.4) is 0 Å². The van der Waals surface area contributed by atoms with Gasteiger partial charge in [0.2, 0.25) is 5.91 Å². The second-order valence-electron chi connectivity index (χ2n) is 5.07. The molecule has 1 aromatic carbocycles. The molecule has 0 spiro atoms. The number of hydrogen-bond acceptors (Lipinski definition) is 3. The molecule has 1 aliphatic rings. The number of amides is 2. The van der Waals surface area contributed by atoms with E-state index in [1.54, 1.807) is 23.1 Å². The van der Waals surface area contributed by atoms with E-state index in [-0.39, 0.29) is 24.5 Å². The van der Waals surface area contributed by atoms with Gasteiger partial charge in [0, 0.05) is 18.0 Å². The number of rotatable bonds is 5. The van der Waals surface area contributed by atoms with Gasteiger partial charge in [-0.1, -0.05) is 18.5 Å². The minimum absolute atomic E-state index is 0.000478. The van der Waals surface area contributed by atoms with Gasteiger partial charge in [-0.2, -0.15) is 0 Å². The summed E-state index contributed by atoms with van der Waals surface area (Å²) in [6.45, 7) is 2.36. The van der Waals surface area contributed by atoms with Crippen molar-refractivity contribution in [2.24, 2.45) is 0 Å². The van der Waals surface area contributed by atoms with Crippen LogP contribution in [0, 0.1) is 0 Å². The normalized spacial score (nSPS) is 16.1. The Bertz CT molecular complexity index is 544. The number of halogens is 1. The van der Waals surface area contributed by atoms with E-state index >= 15 is 0 Å². The van der Waals surface area contributed by atoms with E-state index in [2.05, 4.69) is 5.32 Å². The number of aliphatic hydroxyl groups is 1. The summed E-state index contributed by atoms with van der Waals surface area (Å²) in [6, 6.07) is 4.58. The lowest BCUT2D eigenvalue weighted by Crippen LogP contribution is -2.38. The molecule has 0 radical (unpaired) electrons. The van der Waals surface area contributed by atoms with Gasteiger partial charge in [0.1, 0.15) is 0 Å². The number of nitrogens with zero attached hydrogens (tertiary/aromatic N) is 1. The standard InChI is InChI=1S/C15H19ClN2O3/c1-2-11(9-19)17-15(21)12-6-5-10(16)8-13(12)18-7-3-4-14(18)20/h5-6,8,11,19H,2-4,7,9H2,1H3,(H,17,21). The van der Waals surface area contributed by atoms with Crippen molar-refractivity contribution >= 4 is 29.1 Å². The second-order valence-corrected chi connectivity index (χ2v) is 5.51. The summed E-state index contributed by atoms with van der Waals surface area (Å²) in [4.78, 5) is 25.9. The molecule has 1 atom stereocenters. The molecule has 0 aromatic heterocycles. The van der Waals surface area contributed by atoms with Gasteiger partial charge in [0.15, 0.2) is 0 Å². The monoisotopic (exact) mass is 310 g/mol. The Kier molecular flexibility index (Phi) is 5.20. The molecule has 0 aliphatic carbocycles. The molecule has 2 amide bonds. The number of benzene rings is 1. The van der Waals surface area contributed by atoms with Crippen molar-refractivity contribution in [2.45, 2.75) is 32.2 Å². The number of carbonyl (C=O) groups is 2. The highest BCUT2D eigenvalue weighted by Gasteiger charge is 2.26. The third-order valence-electron chi connectivity index (χ3n) is 3.62. The molecule has 0 bridgehead atoms. The lowest BCUT2D eigenvalue weighted by atomic mass is 10.1. The van der Waals surface area contributed by atoms with Crippen LogP contribution < -0.4 is 10.2 Å². The van der Waals surface area contributed by atoms with E-state index in [0.29, 0.717) is 35.7 Å². The first kappa shape index (κ1) is 15.8. The SMILES string of the molecule is CCC(CO)NC(=O)c1ccc(Cl)cc1N1CCCC1=O. The van der Waals surface area contributed by atoms with Gasteiger partial charge in [-0.25, -0.2) is 0 Å². The van der Waals surface area contributed by atoms with Gasteiger partial charge < -0.3 is 15.3 Å². The van der Waals surface area contributed by atoms with Gasteiger partial charge in [-0.05, 0) is 31.0 Å². The highest BCUT2D eigenvalue weighted by Crippen LogP contribution is 2.28. The van der Waals surface area contributed by atoms with Crippen LogP contribution in [0.1, 0.15) is 36.5 Å². The predicted octanol–water partition coefficient (Wildman–Crippen LogP) is 1.97. The number of nitrogens with one attached hydrogen (secondary N) is 1. The molecular weight excluding hydrogens is 292 g/mol. The van der Waals surface area contributed by atoms with Crippen LogP contribution in [0.4, 0.5) is 5.69 Å². The minimum Gasteiger partial charge on any atom is -0.394 e. The van der Waals surface area contributed by atoms with E-state index < -0.39 is 0 Å². The third kappa shape index (κ3) is 3.54. The first-order valence-corrected chi connectivity index (χ1v) is 7.46. The first-order valence-electron chi connectivity index (χ1n) is 7.08. The van der Waals surface area contributed by atoms with E-state index in [4.69, 9.17) is 11.6 Å². The van der Waals surface area contributed by atoms with E-state index in [9.17, 15) is 14.7 Å². The molecule has 1 fully saturated rings. The summed E-state index contributed by atoms with van der Waals surface area (Å²) >= 11 is 6.00. The Hall–Kier alpha value is -1.59. The van der Waals surface area contributed by atoms with Crippen LogP contribution in [0.2, 0.25) is 5.02 Å². The average molecular weight is 311 g/mol. The highest BCUT2D eigenvalue weighted by molar-refractivity contribution is 6.31. The molecule has 0 saturated carbocycles. The molecule has 114 valence electrons. The van der Waals surface area contributed by atoms with Crippen molar-refractivity contribution < 1.29 is 14.7 Å². The maximum Gasteiger partial charge on any atom is 0.253 e. The van der Waals surface area contributed by atoms with E-state index in [1.807, 2.05) is 6.92 Å². The van der Waals surface area contributed by atoms with Gasteiger partial charge in [-0.3, -0.25) is 9.59 Å². The topological polar surface area (TPSA) is 69.6 Å². The van der Waals surface area contributed by atoms with Gasteiger partial charge in [0.25, 0.3) is 5.91 Å². The van der Waals surface area contributed by atoms with Crippen molar-refractivity contribution in [1.29, 1.82) is 0 Å². The Morgan fingerprint density at radius 1 is 1.52 bits per heavy atom. The van der Waals surface area contributed by atoms with Gasteiger partial charge in [0.05, 0.1) is 23.9 Å². The van der Waals surface area contributed by atoms with Crippen molar-refractivity contribution in [2.75, 3.05) is 18.1 Å². The Morgan fingerprint density at radius 3 is 2.86 bits per heavy atom. The summed E-state index contributed by atoms with van der Waals surface area (Å²) in [5, 5.41) is 12.4. The zero-order valence-electron chi connectivity index (χ0n) is 11.9. The van der Waals surface area contributed by atoms with Crippen LogP contribution in [0.15, 0.2) is 18.2 Å². The molecular formula is C15H19ClN2O3. The maximum atomic E-state index is 12.4. The molecule has 6 heteroatoms. The fraction of sp³-hybridized carbons (Fsp3) is 0.467. The summed E-state index contributed by atoms with van der Waals surface area (Å²) in [6.07, 6.45) is 1.90. The molecule has 1 aliphatic heterocycles. The smallest absolute Gasteiger partial charge is 0.253 e. The van der Waals surface area contributed by atoms with Crippen molar-refractivity contribution in [3.05, 3.63) is 28.8 Å². The minimum atomic E-state index is -0.303. The van der Waals surface area contributed by atoms with Crippen molar-refractivity contribution in [3.63, 3.8) is 0 Å². The van der Waals surface area contributed by atoms with Gasteiger partial charge >= 0.3 is 0 Å². The van der Waals surface area contributed by atoms with E-state index in [1.165, 1.54) is 0 Å². The molecule has 2 N–H and O–H groups in total. The first-order chi connectivity index (χ1) is 10.1. The van der Waals surface area contributed by atoms with Crippen LogP contribution >= 0.6 is 11.6 Å². The molecule has 2 rings (SSSR count). The van der Waals surface area contributed by atoms with Crippen LogP contribution in [-0.4, -0.2) is 36.1 Å². The fourth-order valence-electron chi connectivity index (χ4n) is 2.36. The highest BCUT2D eigenvalue weighted by atomic mass is 35.5. The Morgan fingerprint density at radius 2 is 2.29 bits per heavy atom. The molecule has 1 aromatic rings. The number of carbonyl (C=O) groups excluding carboxylic acids is 2. The van der Waals surface area contributed by atoms with Crippen LogP contribution in [0.5, 0.6) is 0 Å². The maximum absolute atomic E-state index is 12.4. The number of aliphatic hydroxyl groups excluding tert-OH is 1. The number of hydrogen-bond donors (Lipinski definition) is 2. The molecule has 1 heterocycles. The largest absolute Gasteiger partial charge is 0.394 e. The molecule has 5 nitrogen and oxygen atoms in total. The molecule has 1 saturated heterocycles. The Labute approximate surface area is 128 Å². The van der Waals surface area contributed by atoms with E-state index in [0.717, 1.165) is 6.42 Å².